The highest BCUT2D eigenvalue weighted by atomic mass is 32.2. The number of nitrogens with zero attached hydrogens (tertiary/aromatic N) is 2. The van der Waals surface area contributed by atoms with E-state index in [-0.39, 0.29) is 11.8 Å². The van der Waals surface area contributed by atoms with Gasteiger partial charge in [-0.3, -0.25) is 10.3 Å². The molecule has 1 aliphatic heterocycles. The topological polar surface area (TPSA) is 88.3 Å². The van der Waals surface area contributed by atoms with Crippen LogP contribution in [0.25, 0.3) is 0 Å². The number of hydrazine groups is 1. The number of nitrogens with two attached hydrogens (primary N) is 1. The van der Waals surface area contributed by atoms with Crippen molar-refractivity contribution >= 4 is 26.3 Å². The summed E-state index contributed by atoms with van der Waals surface area (Å²) in [5.41, 5.74) is 2.50. The molecule has 8 heteroatoms. The van der Waals surface area contributed by atoms with Gasteiger partial charge in [-0.1, -0.05) is 11.3 Å². The minimum atomic E-state index is -2.82. The average molecular weight is 276 g/mol. The van der Waals surface area contributed by atoms with Gasteiger partial charge in [0.2, 0.25) is 0 Å². The summed E-state index contributed by atoms with van der Waals surface area (Å²) >= 11 is 1.48. The molecule has 0 saturated carbocycles. The molecular formula is C9H16N4O2S2. The lowest BCUT2D eigenvalue weighted by Crippen LogP contribution is -2.31. The van der Waals surface area contributed by atoms with Gasteiger partial charge in [-0.25, -0.2) is 19.2 Å². The molecule has 1 aromatic rings. The van der Waals surface area contributed by atoms with E-state index in [0.29, 0.717) is 17.4 Å². The van der Waals surface area contributed by atoms with Crippen LogP contribution >= 0.6 is 11.3 Å². The van der Waals surface area contributed by atoms with E-state index in [0.717, 1.165) is 11.3 Å². The Kier molecular flexibility index (Phi) is 3.67. The first-order valence-electron chi connectivity index (χ1n) is 5.32. The van der Waals surface area contributed by atoms with Crippen LogP contribution in [0, 0.1) is 0 Å². The van der Waals surface area contributed by atoms with Crippen LogP contribution in [-0.2, 0) is 16.4 Å². The Morgan fingerprint density at radius 3 is 3.00 bits per heavy atom. The SMILES string of the molecule is CN(Cc1cnc(NN)s1)C1CCS(=O)(=O)C1. The normalized spacial score (nSPS) is 23.1. The second-order valence-corrected chi connectivity index (χ2v) is 7.59. The summed E-state index contributed by atoms with van der Waals surface area (Å²) < 4.78 is 22.8. The van der Waals surface area contributed by atoms with Gasteiger partial charge < -0.3 is 0 Å². The van der Waals surface area contributed by atoms with E-state index in [4.69, 9.17) is 5.84 Å². The third-order valence-corrected chi connectivity index (χ3v) is 5.58. The van der Waals surface area contributed by atoms with E-state index >= 15 is 0 Å². The van der Waals surface area contributed by atoms with E-state index in [9.17, 15) is 8.42 Å². The van der Waals surface area contributed by atoms with Crippen molar-refractivity contribution in [1.29, 1.82) is 0 Å². The van der Waals surface area contributed by atoms with Crippen LogP contribution in [0.4, 0.5) is 5.13 Å². The molecule has 1 fully saturated rings. The molecule has 96 valence electrons. The Morgan fingerprint density at radius 2 is 2.47 bits per heavy atom. The maximum atomic E-state index is 11.4. The van der Waals surface area contributed by atoms with Crippen molar-refractivity contribution in [2.45, 2.75) is 19.0 Å². The van der Waals surface area contributed by atoms with Crippen LogP contribution in [0.5, 0.6) is 0 Å². The van der Waals surface area contributed by atoms with E-state index in [1.807, 2.05) is 7.05 Å². The van der Waals surface area contributed by atoms with Crippen molar-refractivity contribution < 1.29 is 8.42 Å². The number of nitrogens with one attached hydrogen (secondary N) is 1. The fourth-order valence-corrected chi connectivity index (χ4v) is 4.54. The number of hydrogen-bond donors (Lipinski definition) is 2. The fraction of sp³-hybridized carbons (Fsp3) is 0.667. The third kappa shape index (κ3) is 3.15. The molecule has 2 heterocycles. The predicted octanol–water partition coefficient (Wildman–Crippen LogP) is 0.0476. The number of sulfone groups is 1. The molecule has 3 N–H and O–H groups in total. The molecule has 17 heavy (non-hydrogen) atoms. The fourth-order valence-electron chi connectivity index (χ4n) is 1.95. The molecule has 1 aliphatic rings. The highest BCUT2D eigenvalue weighted by Gasteiger charge is 2.30. The number of aromatic nitrogens is 1. The molecule has 1 saturated heterocycles. The first-order valence-corrected chi connectivity index (χ1v) is 7.96. The zero-order valence-electron chi connectivity index (χ0n) is 9.59. The number of nitrogen functional groups attached to an aromatic ring is 1. The highest BCUT2D eigenvalue weighted by molar-refractivity contribution is 7.91. The summed E-state index contributed by atoms with van der Waals surface area (Å²) in [7, 11) is -0.873. The van der Waals surface area contributed by atoms with Crippen LogP contribution < -0.4 is 11.3 Å². The Hall–Kier alpha value is -0.700. The molecule has 1 atom stereocenters. The zero-order valence-corrected chi connectivity index (χ0v) is 11.2. The van der Waals surface area contributed by atoms with Gasteiger partial charge in [0.25, 0.3) is 0 Å². The van der Waals surface area contributed by atoms with E-state index in [2.05, 4.69) is 15.3 Å². The first-order chi connectivity index (χ1) is 8.00. The van der Waals surface area contributed by atoms with Crippen molar-refractivity contribution in [3.63, 3.8) is 0 Å². The van der Waals surface area contributed by atoms with Crippen molar-refractivity contribution in [1.82, 2.24) is 9.88 Å². The van der Waals surface area contributed by atoms with Gasteiger partial charge in [0.15, 0.2) is 15.0 Å². The quantitative estimate of drug-likeness (QED) is 0.596. The predicted molar refractivity (Wildman–Crippen MR) is 68.4 cm³/mol. The molecule has 1 unspecified atom stereocenters. The molecule has 0 aliphatic carbocycles. The summed E-state index contributed by atoms with van der Waals surface area (Å²) in [6.45, 7) is 0.708. The first kappa shape index (κ1) is 12.7. The standard InChI is InChI=1S/C9H16N4O2S2/c1-13(7-2-3-17(14,15)6-7)5-8-4-11-9(12-10)16-8/h4,7H,2-3,5-6,10H2,1H3,(H,11,12). The van der Waals surface area contributed by atoms with Crippen LogP contribution in [0.1, 0.15) is 11.3 Å². The van der Waals surface area contributed by atoms with Crippen LogP contribution in [0.15, 0.2) is 6.20 Å². The molecule has 0 radical (unpaired) electrons. The summed E-state index contributed by atoms with van der Waals surface area (Å²) in [6.07, 6.45) is 2.49. The Morgan fingerprint density at radius 1 is 1.71 bits per heavy atom. The van der Waals surface area contributed by atoms with Gasteiger partial charge in [-0.15, -0.1) is 0 Å². The van der Waals surface area contributed by atoms with Crippen LogP contribution in [-0.4, -0.2) is 42.9 Å². The summed E-state index contributed by atoms with van der Waals surface area (Å²) in [6, 6.07) is 0.122. The van der Waals surface area contributed by atoms with Gasteiger partial charge in [0.05, 0.1) is 11.5 Å². The number of hydrogen-bond acceptors (Lipinski definition) is 7. The maximum absolute atomic E-state index is 11.4. The van der Waals surface area contributed by atoms with Crippen molar-refractivity contribution in [2.75, 3.05) is 24.0 Å². The lowest BCUT2D eigenvalue weighted by Gasteiger charge is -2.21. The molecule has 0 amide bonds. The monoisotopic (exact) mass is 276 g/mol. The molecule has 0 aromatic carbocycles. The minimum Gasteiger partial charge on any atom is -0.300 e. The lowest BCUT2D eigenvalue weighted by molar-refractivity contribution is 0.256. The van der Waals surface area contributed by atoms with Crippen molar-refractivity contribution in [3.8, 4) is 0 Å². The molecule has 1 aromatic heterocycles. The Balaban J connectivity index is 1.95. The van der Waals surface area contributed by atoms with Crippen LogP contribution in [0.3, 0.4) is 0 Å². The highest BCUT2D eigenvalue weighted by Crippen LogP contribution is 2.22. The van der Waals surface area contributed by atoms with Gasteiger partial charge in [-0.05, 0) is 13.5 Å². The van der Waals surface area contributed by atoms with Gasteiger partial charge in [0, 0.05) is 23.7 Å². The molecular weight excluding hydrogens is 260 g/mol. The smallest absolute Gasteiger partial charge is 0.197 e. The largest absolute Gasteiger partial charge is 0.300 e. The van der Waals surface area contributed by atoms with Gasteiger partial charge >= 0.3 is 0 Å². The van der Waals surface area contributed by atoms with E-state index in [1.54, 1.807) is 6.20 Å². The van der Waals surface area contributed by atoms with Crippen molar-refractivity contribution in [3.05, 3.63) is 11.1 Å². The van der Waals surface area contributed by atoms with Gasteiger partial charge in [-0.2, -0.15) is 0 Å². The van der Waals surface area contributed by atoms with E-state index < -0.39 is 9.84 Å². The van der Waals surface area contributed by atoms with Crippen molar-refractivity contribution in [2.24, 2.45) is 5.84 Å². The lowest BCUT2D eigenvalue weighted by atomic mass is 10.2. The zero-order chi connectivity index (χ0) is 12.5. The second kappa shape index (κ2) is 4.89. The molecule has 0 spiro atoms. The minimum absolute atomic E-state index is 0.122. The number of thiazole rings is 1. The Labute approximate surface area is 105 Å². The Bertz CT molecular complexity index is 485. The summed E-state index contributed by atoms with van der Waals surface area (Å²) in [4.78, 5) is 7.22. The van der Waals surface area contributed by atoms with E-state index in [1.165, 1.54) is 11.3 Å². The second-order valence-electron chi connectivity index (χ2n) is 4.25. The molecule has 0 bridgehead atoms. The maximum Gasteiger partial charge on any atom is 0.197 e. The number of rotatable bonds is 4. The van der Waals surface area contributed by atoms with Gasteiger partial charge in [0.1, 0.15) is 0 Å². The molecule has 6 nitrogen and oxygen atoms in total. The summed E-state index contributed by atoms with van der Waals surface area (Å²) in [5, 5.41) is 0.674. The average Bonchev–Trinajstić information content (AvgIpc) is 2.84. The van der Waals surface area contributed by atoms with Crippen LogP contribution in [0.2, 0.25) is 0 Å². The third-order valence-electron chi connectivity index (χ3n) is 2.91. The molecule has 2 rings (SSSR count). The summed E-state index contributed by atoms with van der Waals surface area (Å²) in [5.74, 6) is 5.83. The number of anilines is 1.